The third-order valence-electron chi connectivity index (χ3n) is 5.69. The number of H-pyrrole nitrogens is 1. The molecule has 1 aliphatic heterocycles. The minimum absolute atomic E-state index is 0.144. The first kappa shape index (κ1) is 23.4. The zero-order valence-corrected chi connectivity index (χ0v) is 20.0. The molecule has 3 aromatic rings. The quantitative estimate of drug-likeness (QED) is 0.534. The number of nitrogens with one attached hydrogen (secondary N) is 2. The van der Waals surface area contributed by atoms with Crippen molar-refractivity contribution in [3.8, 4) is 17.1 Å². The summed E-state index contributed by atoms with van der Waals surface area (Å²) >= 11 is 0. The van der Waals surface area contributed by atoms with Crippen molar-refractivity contribution in [3.63, 3.8) is 0 Å². The second-order valence-electron chi connectivity index (χ2n) is 8.03. The first-order valence-electron chi connectivity index (χ1n) is 11.3. The van der Waals surface area contributed by atoms with Gasteiger partial charge in [-0.2, -0.15) is 9.40 Å². The van der Waals surface area contributed by atoms with Gasteiger partial charge in [0.1, 0.15) is 17.1 Å². The van der Waals surface area contributed by atoms with Crippen LogP contribution in [-0.4, -0.2) is 65.3 Å². The molecule has 2 aromatic heterocycles. The normalized spacial score (nSPS) is 15.6. The first-order valence-corrected chi connectivity index (χ1v) is 12.7. The highest BCUT2D eigenvalue weighted by Gasteiger charge is 2.27. The van der Waals surface area contributed by atoms with E-state index in [1.165, 1.54) is 8.99 Å². The number of sulfonamides is 1. The zero-order chi connectivity index (χ0) is 23.6. The first-order chi connectivity index (χ1) is 15.9. The second kappa shape index (κ2) is 9.62. The van der Waals surface area contributed by atoms with Gasteiger partial charge in [0.05, 0.1) is 22.8 Å². The molecular formula is C22H30N6O4S. The molecule has 0 radical (unpaired) electrons. The van der Waals surface area contributed by atoms with E-state index in [1.54, 1.807) is 25.2 Å². The minimum atomic E-state index is -3.71. The Balaban J connectivity index is 1.87. The van der Waals surface area contributed by atoms with E-state index in [0.29, 0.717) is 55.0 Å². The van der Waals surface area contributed by atoms with Crippen LogP contribution >= 0.6 is 0 Å². The van der Waals surface area contributed by atoms with E-state index in [9.17, 15) is 13.2 Å². The molecule has 1 aliphatic rings. The molecule has 0 bridgehead atoms. The van der Waals surface area contributed by atoms with E-state index in [-0.39, 0.29) is 16.3 Å². The van der Waals surface area contributed by atoms with E-state index in [1.807, 2.05) is 13.8 Å². The van der Waals surface area contributed by atoms with Crippen LogP contribution in [-0.2, 0) is 23.5 Å². The molecule has 4 rings (SSSR count). The van der Waals surface area contributed by atoms with Gasteiger partial charge in [-0.3, -0.25) is 9.48 Å². The molecule has 11 heteroatoms. The van der Waals surface area contributed by atoms with E-state index in [0.717, 1.165) is 25.1 Å². The summed E-state index contributed by atoms with van der Waals surface area (Å²) in [5, 5.41) is 7.68. The van der Waals surface area contributed by atoms with Crippen LogP contribution < -0.4 is 15.6 Å². The van der Waals surface area contributed by atoms with Gasteiger partial charge in [-0.1, -0.05) is 13.3 Å². The Labute approximate surface area is 193 Å². The molecule has 1 fully saturated rings. The van der Waals surface area contributed by atoms with Crippen molar-refractivity contribution in [3.05, 3.63) is 34.2 Å². The molecule has 0 amide bonds. The minimum Gasteiger partial charge on any atom is -0.493 e. The number of aromatic amines is 1. The van der Waals surface area contributed by atoms with Gasteiger partial charge in [-0.25, -0.2) is 13.4 Å². The van der Waals surface area contributed by atoms with E-state index in [4.69, 9.17) is 9.72 Å². The van der Waals surface area contributed by atoms with E-state index >= 15 is 0 Å². The van der Waals surface area contributed by atoms with Crippen LogP contribution in [0.3, 0.4) is 0 Å². The Morgan fingerprint density at radius 2 is 2.00 bits per heavy atom. The molecule has 0 atom stereocenters. The number of benzene rings is 1. The molecule has 0 aliphatic carbocycles. The van der Waals surface area contributed by atoms with Crippen LogP contribution in [0.25, 0.3) is 22.4 Å². The van der Waals surface area contributed by atoms with Crippen molar-refractivity contribution < 1.29 is 13.2 Å². The average molecular weight is 475 g/mol. The van der Waals surface area contributed by atoms with Gasteiger partial charge in [0.2, 0.25) is 10.0 Å². The Hall–Kier alpha value is -2.76. The topological polar surface area (TPSA) is 122 Å². The summed E-state index contributed by atoms with van der Waals surface area (Å²) in [7, 11) is -2.00. The van der Waals surface area contributed by atoms with E-state index < -0.39 is 10.0 Å². The smallest absolute Gasteiger partial charge is 0.277 e. The summed E-state index contributed by atoms with van der Waals surface area (Å²) in [6, 6.07) is 4.71. The summed E-state index contributed by atoms with van der Waals surface area (Å²) in [5.74, 6) is 0.716. The lowest BCUT2D eigenvalue weighted by atomic mass is 10.1. The Morgan fingerprint density at radius 3 is 2.76 bits per heavy atom. The molecule has 178 valence electrons. The van der Waals surface area contributed by atoms with Crippen LogP contribution in [0.5, 0.6) is 5.75 Å². The second-order valence-corrected chi connectivity index (χ2v) is 9.97. The summed E-state index contributed by atoms with van der Waals surface area (Å²) < 4.78 is 35.5. The maximum atomic E-state index is 13.4. The highest BCUT2D eigenvalue weighted by Crippen LogP contribution is 2.32. The zero-order valence-electron chi connectivity index (χ0n) is 19.2. The molecular weight excluding hydrogens is 444 g/mol. The Kier molecular flexibility index (Phi) is 6.82. The molecule has 0 unspecified atom stereocenters. The van der Waals surface area contributed by atoms with Crippen LogP contribution in [0.2, 0.25) is 0 Å². The Bertz CT molecular complexity index is 1310. The van der Waals surface area contributed by atoms with Gasteiger partial charge in [0.15, 0.2) is 5.52 Å². The van der Waals surface area contributed by atoms with E-state index in [2.05, 4.69) is 15.4 Å². The van der Waals surface area contributed by atoms with Gasteiger partial charge < -0.3 is 15.0 Å². The lowest BCUT2D eigenvalue weighted by molar-refractivity contribution is 0.341. The molecule has 1 aromatic carbocycles. The number of aromatic nitrogens is 4. The van der Waals surface area contributed by atoms with Crippen molar-refractivity contribution in [1.29, 1.82) is 0 Å². The lowest BCUT2D eigenvalue weighted by Gasteiger charge is -2.20. The number of ether oxygens (including phenoxy) is 1. The number of aryl methyl sites for hydroxylation is 2. The van der Waals surface area contributed by atoms with Crippen molar-refractivity contribution >= 4 is 21.1 Å². The van der Waals surface area contributed by atoms with Gasteiger partial charge in [0.25, 0.3) is 5.56 Å². The van der Waals surface area contributed by atoms with Gasteiger partial charge >= 0.3 is 0 Å². The molecule has 0 spiro atoms. The summed E-state index contributed by atoms with van der Waals surface area (Å²) in [6.45, 7) is 6.52. The highest BCUT2D eigenvalue weighted by molar-refractivity contribution is 7.89. The molecule has 33 heavy (non-hydrogen) atoms. The predicted octanol–water partition coefficient (Wildman–Crippen LogP) is 1.66. The Morgan fingerprint density at radius 1 is 1.18 bits per heavy atom. The third-order valence-corrected chi connectivity index (χ3v) is 7.59. The van der Waals surface area contributed by atoms with Crippen LogP contribution in [0.4, 0.5) is 0 Å². The monoisotopic (exact) mass is 474 g/mol. The van der Waals surface area contributed by atoms with Crippen LogP contribution in [0, 0.1) is 0 Å². The van der Waals surface area contributed by atoms with Crippen LogP contribution in [0.1, 0.15) is 32.4 Å². The number of hydrogen-bond acceptors (Lipinski definition) is 7. The highest BCUT2D eigenvalue weighted by atomic mass is 32.2. The fraction of sp³-hybridized carbons (Fsp3) is 0.500. The van der Waals surface area contributed by atoms with Crippen molar-refractivity contribution in [2.45, 2.75) is 38.0 Å². The maximum absolute atomic E-state index is 13.4. The molecule has 0 saturated carbocycles. The summed E-state index contributed by atoms with van der Waals surface area (Å²) in [6.07, 6.45) is 2.29. The van der Waals surface area contributed by atoms with Crippen LogP contribution in [0.15, 0.2) is 27.9 Å². The maximum Gasteiger partial charge on any atom is 0.277 e. The van der Waals surface area contributed by atoms with Gasteiger partial charge in [-0.05, 0) is 44.5 Å². The molecule has 2 N–H and O–H groups in total. The standard InChI is InChI=1S/C22H30N6O4S/c1-4-7-17-19-20(27(3)26-17)22(29)25-21(24-19)16-14-15(8-9-18(16)32-5-2)33(30,31)28-12-6-10-23-11-13-28/h8-9,14,23H,4-7,10-13H2,1-3H3,(H,24,25,29). The average Bonchev–Trinajstić information content (AvgIpc) is 2.96. The molecule has 10 nitrogen and oxygen atoms in total. The van der Waals surface area contributed by atoms with Gasteiger partial charge in [-0.15, -0.1) is 0 Å². The van der Waals surface area contributed by atoms with Crippen molar-refractivity contribution in [2.24, 2.45) is 7.05 Å². The fourth-order valence-corrected chi connectivity index (χ4v) is 5.63. The SMILES string of the molecule is CCCc1nn(C)c2c(=O)[nH]c(-c3cc(S(=O)(=O)N4CCCNCC4)ccc3OCC)nc12. The number of hydrogen-bond donors (Lipinski definition) is 2. The summed E-state index contributed by atoms with van der Waals surface area (Å²) in [4.78, 5) is 20.6. The number of nitrogens with zero attached hydrogens (tertiary/aromatic N) is 4. The molecule has 3 heterocycles. The molecule has 1 saturated heterocycles. The number of rotatable bonds is 7. The van der Waals surface area contributed by atoms with Gasteiger partial charge in [0, 0.05) is 26.7 Å². The fourth-order valence-electron chi connectivity index (χ4n) is 4.13. The number of fused-ring (bicyclic) bond motifs is 1. The largest absolute Gasteiger partial charge is 0.493 e. The third kappa shape index (κ3) is 4.53. The predicted molar refractivity (Wildman–Crippen MR) is 126 cm³/mol. The van der Waals surface area contributed by atoms with Crippen molar-refractivity contribution in [2.75, 3.05) is 32.8 Å². The van der Waals surface area contributed by atoms with Crippen molar-refractivity contribution in [1.82, 2.24) is 29.4 Å². The summed E-state index contributed by atoms with van der Waals surface area (Å²) in [5.41, 5.74) is 1.74. The lowest BCUT2D eigenvalue weighted by Crippen LogP contribution is -2.34.